The lowest BCUT2D eigenvalue weighted by Crippen LogP contribution is -2.04. The lowest BCUT2D eigenvalue weighted by atomic mass is 10.0. The molecule has 0 radical (unpaired) electrons. The predicted octanol–water partition coefficient (Wildman–Crippen LogP) is 5.22. The third-order valence-electron chi connectivity index (χ3n) is 4.24. The van der Waals surface area contributed by atoms with Crippen LogP contribution in [-0.2, 0) is 6.42 Å². The number of fused-ring (bicyclic) bond motifs is 3. The fourth-order valence-electron chi connectivity index (χ4n) is 3.15. The topological polar surface area (TPSA) is 53.8 Å². The van der Waals surface area contributed by atoms with E-state index in [0.717, 1.165) is 28.3 Å². The van der Waals surface area contributed by atoms with E-state index in [1.807, 2.05) is 30.3 Å². The van der Waals surface area contributed by atoms with Crippen molar-refractivity contribution in [1.29, 1.82) is 0 Å². The molecule has 0 atom stereocenters. The Morgan fingerprint density at radius 3 is 2.50 bits per heavy atom. The van der Waals surface area contributed by atoms with Crippen LogP contribution >= 0.6 is 11.6 Å². The van der Waals surface area contributed by atoms with Gasteiger partial charge in [0.2, 0.25) is 0 Å². The first-order chi connectivity index (χ1) is 11.7. The van der Waals surface area contributed by atoms with Gasteiger partial charge >= 0.3 is 0 Å². The molecule has 1 heterocycles. The number of hydrogen-bond donors (Lipinski definition) is 3. The molecule has 0 spiro atoms. The third kappa shape index (κ3) is 2.73. The molecule has 0 aliphatic carbocycles. The molecule has 0 amide bonds. The quantitative estimate of drug-likeness (QED) is 0.479. The van der Waals surface area contributed by atoms with Crippen molar-refractivity contribution < 1.29 is 0 Å². The number of para-hydroxylation sites is 1. The van der Waals surface area contributed by atoms with Crippen LogP contribution in [0.5, 0.6) is 0 Å². The molecule has 3 aromatic carbocycles. The van der Waals surface area contributed by atoms with Gasteiger partial charge in [0.1, 0.15) is 0 Å². The predicted molar refractivity (Wildman–Crippen MR) is 103 cm³/mol. The number of anilines is 2. The first-order valence-corrected chi connectivity index (χ1v) is 8.38. The summed E-state index contributed by atoms with van der Waals surface area (Å²) >= 11 is 5.96. The highest BCUT2D eigenvalue weighted by Crippen LogP contribution is 2.32. The number of hydrogen-bond acceptors (Lipinski definition) is 2. The van der Waals surface area contributed by atoms with E-state index in [1.165, 1.54) is 21.9 Å². The van der Waals surface area contributed by atoms with Gasteiger partial charge in [-0.2, -0.15) is 0 Å². The molecule has 0 aliphatic heterocycles. The van der Waals surface area contributed by atoms with E-state index >= 15 is 0 Å². The van der Waals surface area contributed by atoms with Crippen molar-refractivity contribution >= 4 is 44.8 Å². The second-order valence-electron chi connectivity index (χ2n) is 5.90. The van der Waals surface area contributed by atoms with E-state index in [2.05, 4.69) is 40.6 Å². The number of rotatable bonds is 4. The highest BCUT2D eigenvalue weighted by atomic mass is 35.5. The maximum absolute atomic E-state index is 5.96. The standard InChI is InChI=1S/C20H18ClN3/c21-14-5-7-15(8-6-14)23-16-11-13(9-10-22)20-18(12-16)17-3-1-2-4-19(17)24-20/h1-8,11-12,23-24H,9-10,22H2. The summed E-state index contributed by atoms with van der Waals surface area (Å²) < 4.78 is 0. The Morgan fingerprint density at radius 2 is 1.71 bits per heavy atom. The van der Waals surface area contributed by atoms with E-state index in [0.29, 0.717) is 6.54 Å². The van der Waals surface area contributed by atoms with Crippen LogP contribution in [0.25, 0.3) is 21.8 Å². The number of H-pyrrole nitrogens is 1. The van der Waals surface area contributed by atoms with Crippen molar-refractivity contribution in [2.24, 2.45) is 5.73 Å². The van der Waals surface area contributed by atoms with Gasteiger partial charge in [0.05, 0.1) is 0 Å². The Hall–Kier alpha value is -2.49. The molecule has 120 valence electrons. The zero-order valence-corrected chi connectivity index (χ0v) is 13.9. The summed E-state index contributed by atoms with van der Waals surface area (Å²) in [6.45, 7) is 0.620. The van der Waals surface area contributed by atoms with Gasteiger partial charge in [0.25, 0.3) is 0 Å². The second kappa shape index (κ2) is 6.19. The minimum Gasteiger partial charge on any atom is -0.355 e. The Balaban J connectivity index is 1.86. The SMILES string of the molecule is NCCc1cc(Nc2ccc(Cl)cc2)cc2c1[nH]c1ccccc12. The Kier molecular flexibility index (Phi) is 3.89. The van der Waals surface area contributed by atoms with Crippen molar-refractivity contribution in [3.05, 3.63) is 71.2 Å². The highest BCUT2D eigenvalue weighted by Gasteiger charge is 2.10. The fraction of sp³-hybridized carbons (Fsp3) is 0.100. The number of nitrogens with two attached hydrogens (primary N) is 1. The monoisotopic (exact) mass is 335 g/mol. The van der Waals surface area contributed by atoms with Crippen LogP contribution in [0.3, 0.4) is 0 Å². The lowest BCUT2D eigenvalue weighted by molar-refractivity contribution is 0.975. The number of benzene rings is 3. The molecule has 4 aromatic rings. The largest absolute Gasteiger partial charge is 0.355 e. The maximum Gasteiger partial charge on any atom is 0.0499 e. The number of aromatic amines is 1. The Bertz CT molecular complexity index is 1000. The molecule has 0 saturated heterocycles. The zero-order chi connectivity index (χ0) is 16.5. The van der Waals surface area contributed by atoms with Crippen molar-refractivity contribution in [2.75, 3.05) is 11.9 Å². The van der Waals surface area contributed by atoms with Gasteiger partial charge in [0, 0.05) is 38.2 Å². The summed E-state index contributed by atoms with van der Waals surface area (Å²) in [5, 5.41) is 6.64. The van der Waals surface area contributed by atoms with Crippen molar-refractivity contribution in [3.8, 4) is 0 Å². The molecular formula is C20H18ClN3. The Labute approximate surface area is 145 Å². The van der Waals surface area contributed by atoms with Crippen molar-refractivity contribution in [2.45, 2.75) is 6.42 Å². The maximum atomic E-state index is 5.96. The molecule has 24 heavy (non-hydrogen) atoms. The molecule has 0 aliphatic rings. The summed E-state index contributed by atoms with van der Waals surface area (Å²) in [6, 6.07) is 20.4. The first-order valence-electron chi connectivity index (χ1n) is 8.00. The summed E-state index contributed by atoms with van der Waals surface area (Å²) in [5.74, 6) is 0. The molecule has 4 N–H and O–H groups in total. The highest BCUT2D eigenvalue weighted by molar-refractivity contribution is 6.30. The molecular weight excluding hydrogens is 318 g/mol. The van der Waals surface area contributed by atoms with Crippen LogP contribution < -0.4 is 11.1 Å². The van der Waals surface area contributed by atoms with Crippen LogP contribution in [0.15, 0.2) is 60.7 Å². The molecule has 0 unspecified atom stereocenters. The first kappa shape index (κ1) is 15.1. The van der Waals surface area contributed by atoms with E-state index < -0.39 is 0 Å². The summed E-state index contributed by atoms with van der Waals surface area (Å²) in [6.07, 6.45) is 0.833. The van der Waals surface area contributed by atoms with Crippen LogP contribution in [0.1, 0.15) is 5.56 Å². The van der Waals surface area contributed by atoms with Gasteiger partial charge in [-0.3, -0.25) is 0 Å². The van der Waals surface area contributed by atoms with E-state index in [1.54, 1.807) is 0 Å². The minimum atomic E-state index is 0.620. The van der Waals surface area contributed by atoms with Gasteiger partial charge in [-0.1, -0.05) is 29.8 Å². The second-order valence-corrected chi connectivity index (χ2v) is 6.34. The molecule has 0 fully saturated rings. The lowest BCUT2D eigenvalue weighted by Gasteiger charge is -2.10. The van der Waals surface area contributed by atoms with Gasteiger partial charge in [-0.15, -0.1) is 0 Å². The van der Waals surface area contributed by atoms with Gasteiger partial charge in [0.15, 0.2) is 0 Å². The molecule has 3 nitrogen and oxygen atoms in total. The molecule has 4 heteroatoms. The van der Waals surface area contributed by atoms with Crippen LogP contribution in [0, 0.1) is 0 Å². The van der Waals surface area contributed by atoms with Crippen molar-refractivity contribution in [3.63, 3.8) is 0 Å². The average molecular weight is 336 g/mol. The molecule has 0 bridgehead atoms. The van der Waals surface area contributed by atoms with E-state index in [4.69, 9.17) is 17.3 Å². The molecule has 4 rings (SSSR count). The van der Waals surface area contributed by atoms with Crippen LogP contribution in [0.2, 0.25) is 5.02 Å². The zero-order valence-electron chi connectivity index (χ0n) is 13.1. The Morgan fingerprint density at radius 1 is 0.917 bits per heavy atom. The van der Waals surface area contributed by atoms with Crippen LogP contribution in [-0.4, -0.2) is 11.5 Å². The number of halogens is 1. The summed E-state index contributed by atoms with van der Waals surface area (Å²) in [7, 11) is 0. The summed E-state index contributed by atoms with van der Waals surface area (Å²) in [4.78, 5) is 3.53. The van der Waals surface area contributed by atoms with Gasteiger partial charge < -0.3 is 16.0 Å². The van der Waals surface area contributed by atoms with Crippen molar-refractivity contribution in [1.82, 2.24) is 4.98 Å². The van der Waals surface area contributed by atoms with E-state index in [9.17, 15) is 0 Å². The molecule has 1 aromatic heterocycles. The number of aromatic nitrogens is 1. The third-order valence-corrected chi connectivity index (χ3v) is 4.50. The van der Waals surface area contributed by atoms with Crippen LogP contribution in [0.4, 0.5) is 11.4 Å². The minimum absolute atomic E-state index is 0.620. The van der Waals surface area contributed by atoms with E-state index in [-0.39, 0.29) is 0 Å². The average Bonchev–Trinajstić information content (AvgIpc) is 2.96. The number of nitrogens with one attached hydrogen (secondary N) is 2. The van der Waals surface area contributed by atoms with Gasteiger partial charge in [-0.25, -0.2) is 0 Å². The fourth-order valence-corrected chi connectivity index (χ4v) is 3.27. The smallest absolute Gasteiger partial charge is 0.0499 e. The summed E-state index contributed by atoms with van der Waals surface area (Å²) in [5.41, 5.74) is 11.4. The normalized spacial score (nSPS) is 11.2. The van der Waals surface area contributed by atoms with Gasteiger partial charge in [-0.05, 0) is 61.0 Å². The molecule has 0 saturated carbocycles.